The Hall–Kier alpha value is -0.810. The molecule has 0 aromatic heterocycles. The summed E-state index contributed by atoms with van der Waals surface area (Å²) < 4.78 is 0. The lowest BCUT2D eigenvalue weighted by Crippen LogP contribution is -2.46. The molecule has 0 unspecified atom stereocenters. The summed E-state index contributed by atoms with van der Waals surface area (Å²) in [7, 11) is 1.86. The van der Waals surface area contributed by atoms with Crippen LogP contribution in [0.25, 0.3) is 0 Å². The second-order valence-corrected chi connectivity index (χ2v) is 7.59. The molecule has 0 bridgehead atoms. The average molecular weight is 340 g/mol. The van der Waals surface area contributed by atoms with E-state index in [1.165, 1.54) is 38.9 Å². The molecule has 1 aliphatic heterocycles. The highest BCUT2D eigenvalue weighted by molar-refractivity contribution is 5.79. The van der Waals surface area contributed by atoms with Crippen molar-refractivity contribution in [1.82, 2.24) is 20.4 Å². The van der Waals surface area contributed by atoms with E-state index >= 15 is 0 Å². The Kier molecular flexibility index (Phi) is 10.3. The smallest absolute Gasteiger partial charge is 0.191 e. The van der Waals surface area contributed by atoms with Gasteiger partial charge < -0.3 is 15.5 Å². The Balaban J connectivity index is 2.24. The van der Waals surface area contributed by atoms with E-state index in [0.717, 1.165) is 31.5 Å². The summed E-state index contributed by atoms with van der Waals surface area (Å²) in [5.41, 5.74) is 0. The van der Waals surface area contributed by atoms with Gasteiger partial charge in [-0.3, -0.25) is 9.89 Å². The maximum Gasteiger partial charge on any atom is 0.191 e. The van der Waals surface area contributed by atoms with E-state index in [9.17, 15) is 0 Å². The first-order valence-electron chi connectivity index (χ1n) is 9.90. The van der Waals surface area contributed by atoms with Crippen molar-refractivity contribution in [2.45, 2.75) is 66.0 Å². The first-order chi connectivity index (χ1) is 11.5. The van der Waals surface area contributed by atoms with E-state index in [2.05, 4.69) is 60.0 Å². The van der Waals surface area contributed by atoms with Crippen molar-refractivity contribution in [2.75, 3.05) is 46.3 Å². The van der Waals surface area contributed by atoms with Crippen LogP contribution in [0.15, 0.2) is 4.99 Å². The van der Waals surface area contributed by atoms with Gasteiger partial charge in [0.25, 0.3) is 0 Å². The Morgan fingerprint density at radius 1 is 1.12 bits per heavy atom. The molecular formula is C19H41N5. The Labute approximate surface area is 150 Å². The van der Waals surface area contributed by atoms with Crippen molar-refractivity contribution in [3.63, 3.8) is 0 Å². The van der Waals surface area contributed by atoms with E-state index in [1.54, 1.807) is 0 Å². The summed E-state index contributed by atoms with van der Waals surface area (Å²) in [4.78, 5) is 9.47. The Morgan fingerprint density at radius 2 is 1.75 bits per heavy atom. The van der Waals surface area contributed by atoms with Gasteiger partial charge in [0.05, 0.1) is 0 Å². The number of hydrogen-bond donors (Lipinski definition) is 2. The molecule has 0 amide bonds. The third-order valence-corrected chi connectivity index (χ3v) is 5.02. The fraction of sp³-hybridized carbons (Fsp3) is 0.947. The van der Waals surface area contributed by atoms with Crippen molar-refractivity contribution in [3.05, 3.63) is 0 Å². The molecule has 0 aromatic carbocycles. The van der Waals surface area contributed by atoms with Crippen LogP contribution in [0.4, 0.5) is 0 Å². The minimum atomic E-state index is 0.579. The number of guanidine groups is 1. The van der Waals surface area contributed by atoms with Gasteiger partial charge in [-0.1, -0.05) is 6.92 Å². The largest absolute Gasteiger partial charge is 0.356 e. The van der Waals surface area contributed by atoms with E-state index in [0.29, 0.717) is 12.1 Å². The summed E-state index contributed by atoms with van der Waals surface area (Å²) in [6.45, 7) is 18.1. The Bertz CT molecular complexity index is 338. The lowest BCUT2D eigenvalue weighted by molar-refractivity contribution is 0.178. The summed E-state index contributed by atoms with van der Waals surface area (Å²) in [5.74, 6) is 1.72. The summed E-state index contributed by atoms with van der Waals surface area (Å²) in [6.07, 6.45) is 3.88. The molecule has 0 saturated carbocycles. The minimum Gasteiger partial charge on any atom is -0.356 e. The van der Waals surface area contributed by atoms with Gasteiger partial charge in [0.15, 0.2) is 5.96 Å². The van der Waals surface area contributed by atoms with Gasteiger partial charge in [-0.25, -0.2) is 0 Å². The predicted octanol–water partition coefficient (Wildman–Crippen LogP) is 2.39. The maximum absolute atomic E-state index is 4.37. The topological polar surface area (TPSA) is 42.9 Å². The normalized spacial score (nSPS) is 18.0. The zero-order valence-electron chi connectivity index (χ0n) is 16.9. The van der Waals surface area contributed by atoms with Crippen molar-refractivity contribution in [1.29, 1.82) is 0 Å². The Morgan fingerprint density at radius 3 is 2.25 bits per heavy atom. The van der Waals surface area contributed by atoms with Gasteiger partial charge in [0.2, 0.25) is 0 Å². The molecule has 0 aliphatic carbocycles. The number of nitrogens with one attached hydrogen (secondary N) is 2. The first-order valence-corrected chi connectivity index (χ1v) is 9.90. The van der Waals surface area contributed by atoms with E-state index < -0.39 is 0 Å². The number of likely N-dealkylation sites (tertiary alicyclic amines) is 1. The SMILES string of the molecule is CCCN1CCC(CNC(=NC)NCCN(C(C)C)C(C)C)CC1. The lowest BCUT2D eigenvalue weighted by atomic mass is 9.97. The summed E-state index contributed by atoms with van der Waals surface area (Å²) in [6, 6.07) is 1.16. The lowest BCUT2D eigenvalue weighted by Gasteiger charge is -2.32. The second-order valence-electron chi connectivity index (χ2n) is 7.59. The molecule has 1 fully saturated rings. The molecular weight excluding hydrogens is 298 g/mol. The van der Waals surface area contributed by atoms with Crippen LogP contribution in [-0.4, -0.2) is 74.2 Å². The molecule has 1 rings (SSSR count). The molecule has 0 spiro atoms. The van der Waals surface area contributed by atoms with Gasteiger partial charge in [0, 0.05) is 38.8 Å². The van der Waals surface area contributed by atoms with Gasteiger partial charge in [-0.2, -0.15) is 0 Å². The fourth-order valence-electron chi connectivity index (χ4n) is 3.61. The molecule has 0 aromatic rings. The molecule has 1 heterocycles. The third-order valence-electron chi connectivity index (χ3n) is 5.02. The summed E-state index contributed by atoms with van der Waals surface area (Å²) in [5, 5.41) is 6.99. The van der Waals surface area contributed by atoms with Gasteiger partial charge in [-0.05, 0) is 72.5 Å². The third kappa shape index (κ3) is 7.84. The molecule has 1 saturated heterocycles. The van der Waals surface area contributed by atoms with Crippen molar-refractivity contribution >= 4 is 5.96 Å². The number of hydrogen-bond acceptors (Lipinski definition) is 3. The van der Waals surface area contributed by atoms with Gasteiger partial charge in [-0.15, -0.1) is 0 Å². The fourth-order valence-corrected chi connectivity index (χ4v) is 3.61. The molecule has 0 radical (unpaired) electrons. The molecule has 24 heavy (non-hydrogen) atoms. The summed E-state index contributed by atoms with van der Waals surface area (Å²) >= 11 is 0. The van der Waals surface area contributed by atoms with Crippen molar-refractivity contribution < 1.29 is 0 Å². The highest BCUT2D eigenvalue weighted by atomic mass is 15.2. The molecule has 5 nitrogen and oxygen atoms in total. The van der Waals surface area contributed by atoms with E-state index in [-0.39, 0.29) is 0 Å². The molecule has 2 N–H and O–H groups in total. The van der Waals surface area contributed by atoms with Crippen LogP contribution in [0.1, 0.15) is 53.9 Å². The van der Waals surface area contributed by atoms with Crippen molar-refractivity contribution in [2.24, 2.45) is 10.9 Å². The number of rotatable bonds is 9. The molecule has 142 valence electrons. The molecule has 0 atom stereocenters. The van der Waals surface area contributed by atoms with Gasteiger partial charge in [0.1, 0.15) is 0 Å². The van der Waals surface area contributed by atoms with Crippen LogP contribution >= 0.6 is 0 Å². The zero-order chi connectivity index (χ0) is 17.9. The minimum absolute atomic E-state index is 0.579. The monoisotopic (exact) mass is 339 g/mol. The second kappa shape index (κ2) is 11.7. The van der Waals surface area contributed by atoms with Crippen LogP contribution in [0.3, 0.4) is 0 Å². The highest BCUT2D eigenvalue weighted by Gasteiger charge is 2.18. The highest BCUT2D eigenvalue weighted by Crippen LogP contribution is 2.16. The standard InChI is InChI=1S/C19H41N5/c1-7-11-23-12-8-18(9-13-23)15-22-19(20-6)21-10-14-24(16(2)3)17(4)5/h16-18H,7-15H2,1-6H3,(H2,20,21,22). The zero-order valence-corrected chi connectivity index (χ0v) is 16.9. The van der Waals surface area contributed by atoms with Crippen LogP contribution in [0, 0.1) is 5.92 Å². The van der Waals surface area contributed by atoms with Crippen LogP contribution in [0.2, 0.25) is 0 Å². The molecule has 1 aliphatic rings. The van der Waals surface area contributed by atoms with Crippen LogP contribution in [-0.2, 0) is 0 Å². The number of piperidine rings is 1. The van der Waals surface area contributed by atoms with Crippen LogP contribution in [0.5, 0.6) is 0 Å². The number of aliphatic imine (C=N–C) groups is 1. The first kappa shape index (κ1) is 21.2. The van der Waals surface area contributed by atoms with E-state index in [4.69, 9.17) is 0 Å². The quantitative estimate of drug-likeness (QED) is 0.500. The van der Waals surface area contributed by atoms with Crippen LogP contribution < -0.4 is 10.6 Å². The van der Waals surface area contributed by atoms with Crippen molar-refractivity contribution in [3.8, 4) is 0 Å². The van der Waals surface area contributed by atoms with E-state index in [1.807, 2.05) is 7.05 Å². The predicted molar refractivity (Wildman–Crippen MR) is 106 cm³/mol. The molecule has 5 heteroatoms. The van der Waals surface area contributed by atoms with Gasteiger partial charge >= 0.3 is 0 Å². The maximum atomic E-state index is 4.37. The number of nitrogens with zero attached hydrogens (tertiary/aromatic N) is 3. The average Bonchev–Trinajstić information content (AvgIpc) is 2.55.